The number of hydrogen-bond acceptors (Lipinski definition) is 3. The average Bonchev–Trinajstić information content (AvgIpc) is 2.90. The lowest BCUT2D eigenvalue weighted by molar-refractivity contribution is 0.262. The molecule has 0 saturated heterocycles. The standard InChI is InChI=1S/C17H19N3O3S/c1-12-4-3-5-14(10-12)18-17(21)19-15-7-6-13-8-9-20(16(13)11-15)24(2,22)23/h3-7,10-11H,8-9H2,1-2H3,(H2,18,19,21). The summed E-state index contributed by atoms with van der Waals surface area (Å²) >= 11 is 0. The van der Waals surface area contributed by atoms with E-state index < -0.39 is 10.0 Å². The first-order valence-electron chi connectivity index (χ1n) is 7.58. The van der Waals surface area contributed by atoms with E-state index in [0.717, 1.165) is 11.1 Å². The molecule has 126 valence electrons. The lowest BCUT2D eigenvalue weighted by Crippen LogP contribution is -2.27. The van der Waals surface area contributed by atoms with E-state index in [1.807, 2.05) is 31.2 Å². The van der Waals surface area contributed by atoms with Gasteiger partial charge in [-0.05, 0) is 48.7 Å². The highest BCUT2D eigenvalue weighted by molar-refractivity contribution is 7.92. The highest BCUT2D eigenvalue weighted by atomic mass is 32.2. The summed E-state index contributed by atoms with van der Waals surface area (Å²) < 4.78 is 25.0. The van der Waals surface area contributed by atoms with Gasteiger partial charge in [0, 0.05) is 17.9 Å². The van der Waals surface area contributed by atoms with Crippen molar-refractivity contribution >= 4 is 33.1 Å². The Morgan fingerprint density at radius 3 is 2.46 bits per heavy atom. The van der Waals surface area contributed by atoms with Gasteiger partial charge in [-0.3, -0.25) is 4.31 Å². The Hall–Kier alpha value is -2.54. The second-order valence-corrected chi connectivity index (χ2v) is 7.78. The first-order valence-corrected chi connectivity index (χ1v) is 9.43. The molecule has 1 heterocycles. The number of rotatable bonds is 3. The molecular formula is C17H19N3O3S. The second kappa shape index (κ2) is 6.16. The van der Waals surface area contributed by atoms with Crippen molar-refractivity contribution in [2.45, 2.75) is 13.3 Å². The van der Waals surface area contributed by atoms with Gasteiger partial charge < -0.3 is 10.6 Å². The van der Waals surface area contributed by atoms with Crippen LogP contribution in [0.4, 0.5) is 21.9 Å². The van der Waals surface area contributed by atoms with Gasteiger partial charge in [0.2, 0.25) is 10.0 Å². The first kappa shape index (κ1) is 16.3. The highest BCUT2D eigenvalue weighted by Gasteiger charge is 2.26. The molecule has 0 atom stereocenters. The maximum absolute atomic E-state index is 12.1. The van der Waals surface area contributed by atoms with Crippen LogP contribution in [0.15, 0.2) is 42.5 Å². The fraction of sp³-hybridized carbons (Fsp3) is 0.235. The molecule has 0 unspecified atom stereocenters. The van der Waals surface area contributed by atoms with E-state index in [0.29, 0.717) is 30.0 Å². The topological polar surface area (TPSA) is 78.5 Å². The zero-order valence-electron chi connectivity index (χ0n) is 13.5. The number of nitrogens with one attached hydrogen (secondary N) is 2. The Morgan fingerprint density at radius 2 is 1.79 bits per heavy atom. The molecular weight excluding hydrogens is 326 g/mol. The smallest absolute Gasteiger partial charge is 0.308 e. The predicted molar refractivity (Wildman–Crippen MR) is 96.2 cm³/mol. The summed E-state index contributed by atoms with van der Waals surface area (Å²) in [5, 5.41) is 5.50. The Labute approximate surface area is 141 Å². The number of carbonyl (C=O) groups is 1. The van der Waals surface area contributed by atoms with E-state index in [-0.39, 0.29) is 6.03 Å². The molecule has 6 nitrogen and oxygen atoms in total. The van der Waals surface area contributed by atoms with Crippen molar-refractivity contribution in [3.8, 4) is 0 Å². The number of carbonyl (C=O) groups excluding carboxylic acids is 1. The Bertz CT molecular complexity index is 894. The third-order valence-corrected chi connectivity index (χ3v) is 5.05. The van der Waals surface area contributed by atoms with E-state index in [2.05, 4.69) is 10.6 Å². The van der Waals surface area contributed by atoms with Gasteiger partial charge in [0.1, 0.15) is 0 Å². The number of fused-ring (bicyclic) bond motifs is 1. The minimum Gasteiger partial charge on any atom is -0.308 e. The van der Waals surface area contributed by atoms with Gasteiger partial charge in [0.25, 0.3) is 0 Å². The van der Waals surface area contributed by atoms with Gasteiger partial charge >= 0.3 is 6.03 Å². The maximum Gasteiger partial charge on any atom is 0.323 e. The van der Waals surface area contributed by atoms with Gasteiger partial charge in [-0.25, -0.2) is 13.2 Å². The highest BCUT2D eigenvalue weighted by Crippen LogP contribution is 2.32. The van der Waals surface area contributed by atoms with Crippen molar-refractivity contribution in [1.29, 1.82) is 0 Å². The molecule has 0 saturated carbocycles. The predicted octanol–water partition coefficient (Wildman–Crippen LogP) is 2.96. The molecule has 3 rings (SSSR count). The monoisotopic (exact) mass is 345 g/mol. The van der Waals surface area contributed by atoms with E-state index >= 15 is 0 Å². The molecule has 2 aromatic rings. The van der Waals surface area contributed by atoms with Gasteiger partial charge in [-0.15, -0.1) is 0 Å². The number of hydrogen-bond donors (Lipinski definition) is 2. The Kier molecular flexibility index (Phi) is 4.19. The van der Waals surface area contributed by atoms with Gasteiger partial charge in [-0.2, -0.15) is 0 Å². The zero-order chi connectivity index (χ0) is 17.3. The fourth-order valence-corrected chi connectivity index (χ4v) is 3.74. The number of anilines is 3. The van der Waals surface area contributed by atoms with Gasteiger partial charge in [0.05, 0.1) is 11.9 Å². The normalized spacial score (nSPS) is 13.5. The molecule has 0 aliphatic carbocycles. The number of aryl methyl sites for hydroxylation is 1. The summed E-state index contributed by atoms with van der Waals surface area (Å²) in [7, 11) is -3.31. The first-order chi connectivity index (χ1) is 11.3. The van der Waals surface area contributed by atoms with Crippen molar-refractivity contribution in [2.75, 3.05) is 27.7 Å². The van der Waals surface area contributed by atoms with Crippen LogP contribution in [0.5, 0.6) is 0 Å². The number of benzene rings is 2. The zero-order valence-corrected chi connectivity index (χ0v) is 14.4. The largest absolute Gasteiger partial charge is 0.323 e. The summed E-state index contributed by atoms with van der Waals surface area (Å²) in [6, 6.07) is 12.4. The van der Waals surface area contributed by atoms with E-state index in [1.165, 1.54) is 10.6 Å². The summed E-state index contributed by atoms with van der Waals surface area (Å²) in [5.74, 6) is 0. The maximum atomic E-state index is 12.1. The lowest BCUT2D eigenvalue weighted by atomic mass is 10.1. The molecule has 0 spiro atoms. The van der Waals surface area contributed by atoms with Crippen molar-refractivity contribution < 1.29 is 13.2 Å². The van der Waals surface area contributed by atoms with Crippen LogP contribution in [0.1, 0.15) is 11.1 Å². The third kappa shape index (κ3) is 3.51. The lowest BCUT2D eigenvalue weighted by Gasteiger charge is -2.17. The quantitative estimate of drug-likeness (QED) is 0.898. The van der Waals surface area contributed by atoms with E-state index in [4.69, 9.17) is 0 Å². The van der Waals surface area contributed by atoms with Crippen LogP contribution in [-0.4, -0.2) is 27.2 Å². The van der Waals surface area contributed by atoms with Gasteiger partial charge in [0.15, 0.2) is 0 Å². The second-order valence-electron chi connectivity index (χ2n) is 5.88. The number of nitrogens with zero attached hydrogens (tertiary/aromatic N) is 1. The Balaban J connectivity index is 1.76. The van der Waals surface area contributed by atoms with E-state index in [9.17, 15) is 13.2 Å². The van der Waals surface area contributed by atoms with Crippen LogP contribution in [-0.2, 0) is 16.4 Å². The Morgan fingerprint density at radius 1 is 1.08 bits per heavy atom. The molecule has 2 aromatic carbocycles. The van der Waals surface area contributed by atoms with Crippen molar-refractivity contribution in [2.24, 2.45) is 0 Å². The van der Waals surface area contributed by atoms with Crippen LogP contribution < -0.4 is 14.9 Å². The minimum absolute atomic E-state index is 0.371. The van der Waals surface area contributed by atoms with Crippen LogP contribution in [0, 0.1) is 6.92 Å². The average molecular weight is 345 g/mol. The molecule has 0 fully saturated rings. The molecule has 0 radical (unpaired) electrons. The molecule has 2 N–H and O–H groups in total. The molecule has 7 heteroatoms. The van der Waals surface area contributed by atoms with Crippen LogP contribution in [0.25, 0.3) is 0 Å². The minimum atomic E-state index is -3.31. The van der Waals surface area contributed by atoms with Crippen molar-refractivity contribution in [3.05, 3.63) is 53.6 Å². The summed E-state index contributed by atoms with van der Waals surface area (Å²) in [5.41, 5.74) is 3.89. The number of sulfonamides is 1. The summed E-state index contributed by atoms with van der Waals surface area (Å²) in [6.45, 7) is 2.39. The van der Waals surface area contributed by atoms with Crippen LogP contribution in [0.2, 0.25) is 0 Å². The SMILES string of the molecule is Cc1cccc(NC(=O)Nc2ccc3c(c2)N(S(C)(=O)=O)CC3)c1. The molecule has 1 aliphatic heterocycles. The third-order valence-electron chi connectivity index (χ3n) is 3.87. The molecule has 0 bridgehead atoms. The van der Waals surface area contributed by atoms with E-state index in [1.54, 1.807) is 18.2 Å². The molecule has 2 amide bonds. The van der Waals surface area contributed by atoms with Gasteiger partial charge in [-0.1, -0.05) is 18.2 Å². The number of amides is 2. The fourth-order valence-electron chi connectivity index (χ4n) is 2.79. The van der Waals surface area contributed by atoms with Crippen molar-refractivity contribution in [3.63, 3.8) is 0 Å². The number of urea groups is 1. The van der Waals surface area contributed by atoms with Crippen LogP contribution in [0.3, 0.4) is 0 Å². The molecule has 0 aromatic heterocycles. The molecule has 24 heavy (non-hydrogen) atoms. The molecule has 1 aliphatic rings. The summed E-state index contributed by atoms with van der Waals surface area (Å²) in [4.78, 5) is 12.1. The van der Waals surface area contributed by atoms with Crippen molar-refractivity contribution in [1.82, 2.24) is 0 Å². The van der Waals surface area contributed by atoms with Crippen LogP contribution >= 0.6 is 0 Å². The summed E-state index contributed by atoms with van der Waals surface area (Å²) in [6.07, 6.45) is 1.87.